The van der Waals surface area contributed by atoms with Crippen molar-refractivity contribution in [2.24, 2.45) is 5.10 Å². The highest BCUT2D eigenvalue weighted by Gasteiger charge is 2.27. The Morgan fingerprint density at radius 1 is 0.971 bits per heavy atom. The van der Waals surface area contributed by atoms with Gasteiger partial charge in [0.1, 0.15) is 18.0 Å². The second-order valence-corrected chi connectivity index (χ2v) is 9.45. The highest BCUT2D eigenvalue weighted by Crippen LogP contribution is 2.24. The maximum Gasteiger partial charge on any atom is 0.264 e. The number of hydrogen-bond acceptors (Lipinski definition) is 6. The number of rotatable bonds is 12. The zero-order valence-corrected chi connectivity index (χ0v) is 20.6. The molecule has 0 bridgehead atoms. The van der Waals surface area contributed by atoms with Gasteiger partial charge in [-0.05, 0) is 72.6 Å². The summed E-state index contributed by atoms with van der Waals surface area (Å²) in [5.41, 5.74) is 3.53. The molecule has 0 heterocycles. The van der Waals surface area contributed by atoms with Gasteiger partial charge in [-0.2, -0.15) is 5.10 Å². The average Bonchev–Trinajstić information content (AvgIpc) is 2.89. The van der Waals surface area contributed by atoms with Gasteiger partial charge >= 0.3 is 0 Å². The minimum absolute atomic E-state index is 0.0414. The van der Waals surface area contributed by atoms with Crippen LogP contribution in [0.5, 0.6) is 11.5 Å². The van der Waals surface area contributed by atoms with Crippen molar-refractivity contribution in [3.05, 3.63) is 84.4 Å². The average molecular weight is 496 g/mol. The lowest BCUT2D eigenvalue weighted by molar-refractivity contribution is -0.119. The van der Waals surface area contributed by atoms with Crippen molar-refractivity contribution < 1.29 is 22.7 Å². The van der Waals surface area contributed by atoms with Crippen LogP contribution in [-0.2, 0) is 14.8 Å². The molecule has 35 heavy (non-hydrogen) atoms. The number of unbranched alkanes of at least 4 members (excludes halogenated alkanes) is 1. The predicted molar refractivity (Wildman–Crippen MR) is 137 cm³/mol. The summed E-state index contributed by atoms with van der Waals surface area (Å²) in [7, 11) is -2.51. The number of carbonyl (C=O) groups is 1. The van der Waals surface area contributed by atoms with E-state index in [4.69, 9.17) is 9.47 Å². The van der Waals surface area contributed by atoms with E-state index in [1.165, 1.54) is 25.5 Å². The monoisotopic (exact) mass is 495 g/mol. The molecule has 0 aromatic heterocycles. The zero-order valence-electron chi connectivity index (χ0n) is 19.8. The first kappa shape index (κ1) is 25.8. The number of ether oxygens (including phenoxy) is 2. The number of sulfonamides is 1. The second kappa shape index (κ2) is 12.6. The Labute approximate surface area is 206 Å². The van der Waals surface area contributed by atoms with E-state index < -0.39 is 22.5 Å². The van der Waals surface area contributed by atoms with E-state index in [1.807, 2.05) is 24.3 Å². The molecule has 3 aromatic carbocycles. The number of hydrogen-bond donors (Lipinski definition) is 1. The van der Waals surface area contributed by atoms with Crippen LogP contribution in [0.4, 0.5) is 5.69 Å². The van der Waals surface area contributed by atoms with Gasteiger partial charge in [-0.3, -0.25) is 9.10 Å². The van der Waals surface area contributed by atoms with Gasteiger partial charge in [-0.25, -0.2) is 13.8 Å². The Morgan fingerprint density at radius 2 is 1.63 bits per heavy atom. The number of amides is 1. The standard InChI is InChI=1S/C26H29N3O5S/c1-3-4-18-34-24-12-10-21(11-13-24)19-27-28-26(30)20-29(22-8-6-5-7-9-22)35(31,32)25-16-14-23(33-2)15-17-25/h5-17,19H,3-4,18,20H2,1-2H3,(H,28,30)/b27-19-. The molecule has 3 aromatic rings. The lowest BCUT2D eigenvalue weighted by Crippen LogP contribution is -2.39. The molecule has 3 rings (SSSR count). The molecule has 0 saturated carbocycles. The fourth-order valence-electron chi connectivity index (χ4n) is 3.11. The van der Waals surface area contributed by atoms with Gasteiger partial charge in [0.15, 0.2) is 0 Å². The van der Waals surface area contributed by atoms with Gasteiger partial charge in [0.05, 0.1) is 30.5 Å². The summed E-state index contributed by atoms with van der Waals surface area (Å²) in [6, 6.07) is 21.7. The van der Waals surface area contributed by atoms with Gasteiger partial charge in [-0.1, -0.05) is 31.5 Å². The molecule has 8 nitrogen and oxygen atoms in total. The van der Waals surface area contributed by atoms with Gasteiger partial charge < -0.3 is 9.47 Å². The van der Waals surface area contributed by atoms with Crippen LogP contribution in [0.2, 0.25) is 0 Å². The Morgan fingerprint density at radius 3 is 2.26 bits per heavy atom. The SMILES string of the molecule is CCCCOc1ccc(/C=N\NC(=O)CN(c2ccccc2)S(=O)(=O)c2ccc(OC)cc2)cc1. The third-order valence-corrected chi connectivity index (χ3v) is 6.82. The second-order valence-electron chi connectivity index (χ2n) is 7.59. The first-order valence-electron chi connectivity index (χ1n) is 11.2. The van der Waals surface area contributed by atoms with Crippen LogP contribution >= 0.6 is 0 Å². The zero-order chi connectivity index (χ0) is 25.1. The number of nitrogens with one attached hydrogen (secondary N) is 1. The van der Waals surface area contributed by atoms with Crippen LogP contribution in [0, 0.1) is 0 Å². The molecule has 1 amide bonds. The van der Waals surface area contributed by atoms with Crippen LogP contribution in [0.1, 0.15) is 25.3 Å². The number of carbonyl (C=O) groups excluding carboxylic acids is 1. The van der Waals surface area contributed by atoms with Gasteiger partial charge in [-0.15, -0.1) is 0 Å². The third-order valence-electron chi connectivity index (χ3n) is 5.03. The maximum absolute atomic E-state index is 13.3. The van der Waals surface area contributed by atoms with Gasteiger partial charge in [0, 0.05) is 0 Å². The first-order valence-corrected chi connectivity index (χ1v) is 12.6. The number of methoxy groups -OCH3 is 1. The van der Waals surface area contributed by atoms with Crippen LogP contribution in [0.25, 0.3) is 0 Å². The van der Waals surface area contributed by atoms with Crippen molar-refractivity contribution >= 4 is 27.8 Å². The molecule has 184 valence electrons. The predicted octanol–water partition coefficient (Wildman–Crippen LogP) is 4.22. The molecule has 0 spiro atoms. The maximum atomic E-state index is 13.3. The lowest BCUT2D eigenvalue weighted by atomic mass is 10.2. The summed E-state index contributed by atoms with van der Waals surface area (Å²) < 4.78 is 38.5. The summed E-state index contributed by atoms with van der Waals surface area (Å²) >= 11 is 0. The highest BCUT2D eigenvalue weighted by atomic mass is 32.2. The Bertz CT molecular complexity index is 1210. The smallest absolute Gasteiger partial charge is 0.264 e. The highest BCUT2D eigenvalue weighted by molar-refractivity contribution is 7.92. The van der Waals surface area contributed by atoms with Crippen LogP contribution in [0.3, 0.4) is 0 Å². The normalized spacial score (nSPS) is 11.3. The van der Waals surface area contributed by atoms with Crippen molar-refractivity contribution in [3.8, 4) is 11.5 Å². The summed E-state index contributed by atoms with van der Waals surface area (Å²) in [6.07, 6.45) is 3.54. The number of benzene rings is 3. The summed E-state index contributed by atoms with van der Waals surface area (Å²) in [5, 5.41) is 3.97. The van der Waals surface area contributed by atoms with Gasteiger partial charge in [0.2, 0.25) is 0 Å². The fraction of sp³-hybridized carbons (Fsp3) is 0.231. The van der Waals surface area contributed by atoms with E-state index in [0.29, 0.717) is 18.0 Å². The molecule has 0 aliphatic rings. The van der Waals surface area contributed by atoms with E-state index in [-0.39, 0.29) is 4.90 Å². The number of anilines is 1. The Kier molecular flexibility index (Phi) is 9.25. The van der Waals surface area contributed by atoms with E-state index in [0.717, 1.165) is 28.5 Å². The summed E-state index contributed by atoms with van der Waals surface area (Å²) in [5.74, 6) is 0.714. The number of para-hydroxylation sites is 1. The van der Waals surface area contributed by atoms with E-state index >= 15 is 0 Å². The lowest BCUT2D eigenvalue weighted by Gasteiger charge is -2.23. The molecule has 1 N–H and O–H groups in total. The van der Waals surface area contributed by atoms with Crippen molar-refractivity contribution in [1.29, 1.82) is 0 Å². The van der Waals surface area contributed by atoms with Crippen LogP contribution in [-0.4, -0.2) is 40.8 Å². The summed E-state index contributed by atoms with van der Waals surface area (Å²) in [4.78, 5) is 12.7. The van der Waals surface area contributed by atoms with Crippen LogP contribution in [0.15, 0.2) is 88.9 Å². The first-order chi connectivity index (χ1) is 16.9. The molecule has 0 fully saturated rings. The molecule has 0 radical (unpaired) electrons. The van der Waals surface area contributed by atoms with Crippen LogP contribution < -0.4 is 19.2 Å². The molecule has 0 unspecified atom stereocenters. The van der Waals surface area contributed by atoms with E-state index in [2.05, 4.69) is 17.5 Å². The quantitative estimate of drug-likeness (QED) is 0.231. The Balaban J connectivity index is 1.69. The number of nitrogens with zero attached hydrogens (tertiary/aromatic N) is 2. The molecular weight excluding hydrogens is 466 g/mol. The molecule has 0 saturated heterocycles. The fourth-order valence-corrected chi connectivity index (χ4v) is 4.53. The van der Waals surface area contributed by atoms with E-state index in [1.54, 1.807) is 42.5 Å². The number of hydrazone groups is 1. The van der Waals surface area contributed by atoms with E-state index in [9.17, 15) is 13.2 Å². The topological polar surface area (TPSA) is 97.3 Å². The summed E-state index contributed by atoms with van der Waals surface area (Å²) in [6.45, 7) is 2.32. The van der Waals surface area contributed by atoms with Crippen molar-refractivity contribution in [2.75, 3.05) is 24.6 Å². The van der Waals surface area contributed by atoms with Crippen molar-refractivity contribution in [3.63, 3.8) is 0 Å². The molecule has 0 aliphatic heterocycles. The minimum Gasteiger partial charge on any atom is -0.497 e. The third kappa shape index (κ3) is 7.31. The molecule has 0 atom stereocenters. The van der Waals surface area contributed by atoms with Crippen molar-refractivity contribution in [1.82, 2.24) is 5.43 Å². The van der Waals surface area contributed by atoms with Gasteiger partial charge in [0.25, 0.3) is 15.9 Å². The minimum atomic E-state index is -4.01. The van der Waals surface area contributed by atoms with Crippen molar-refractivity contribution in [2.45, 2.75) is 24.7 Å². The molecular formula is C26H29N3O5S. The largest absolute Gasteiger partial charge is 0.497 e. The Hall–Kier alpha value is -3.85. The molecule has 9 heteroatoms. The molecule has 0 aliphatic carbocycles.